The van der Waals surface area contributed by atoms with Crippen LogP contribution >= 0.6 is 0 Å². The highest BCUT2D eigenvalue weighted by Crippen LogP contribution is 2.25. The van der Waals surface area contributed by atoms with Crippen LogP contribution in [0.25, 0.3) is 17.0 Å². The van der Waals surface area contributed by atoms with E-state index in [1.807, 2.05) is 37.3 Å². The average Bonchev–Trinajstić information content (AvgIpc) is 3.03. The van der Waals surface area contributed by atoms with Gasteiger partial charge in [0.2, 0.25) is 5.91 Å². The largest absolute Gasteiger partial charge is 0.384 e. The van der Waals surface area contributed by atoms with Crippen molar-refractivity contribution in [3.8, 4) is 0 Å². The lowest BCUT2D eigenvalue weighted by Crippen LogP contribution is -2.28. The number of likely N-dealkylation sites (N-methyl/N-ethyl adjacent to an activating group) is 1. The number of rotatable bonds is 4. The molecule has 0 saturated heterocycles. The summed E-state index contributed by atoms with van der Waals surface area (Å²) in [6, 6.07) is 11.2. The minimum absolute atomic E-state index is 0.0991. The lowest BCUT2D eigenvalue weighted by molar-refractivity contribution is -0.126. The first-order chi connectivity index (χ1) is 11.6. The van der Waals surface area contributed by atoms with E-state index in [0.29, 0.717) is 5.82 Å². The van der Waals surface area contributed by atoms with E-state index in [9.17, 15) is 4.79 Å². The van der Waals surface area contributed by atoms with Crippen molar-refractivity contribution in [1.29, 1.82) is 0 Å². The number of para-hydroxylation sites is 1. The van der Waals surface area contributed by atoms with Gasteiger partial charge < -0.3 is 10.6 Å². The number of nitrogen functional groups attached to an aromatic ring is 1. The van der Waals surface area contributed by atoms with Crippen molar-refractivity contribution in [2.45, 2.75) is 13.0 Å². The third kappa shape index (κ3) is 3.12. The van der Waals surface area contributed by atoms with Crippen LogP contribution in [0, 0.1) is 0 Å². The molecule has 3 N–H and O–H groups in total. The molecule has 0 radical (unpaired) electrons. The summed E-state index contributed by atoms with van der Waals surface area (Å²) in [6.45, 7) is 1.97. The molecule has 1 amide bonds. The number of nitrogens with two attached hydrogens (primary N) is 1. The molecule has 1 unspecified atom stereocenters. The molecule has 6 heteroatoms. The van der Waals surface area contributed by atoms with E-state index in [1.54, 1.807) is 30.3 Å². The summed E-state index contributed by atoms with van der Waals surface area (Å²) in [5.74, 6) is 0.355. The SMILES string of the molecule is CC(c1[nH]nc2ccccc12)N(C)C(=O)C=Cc1ccc(N)nc1. The van der Waals surface area contributed by atoms with Gasteiger partial charge in [0, 0.05) is 24.7 Å². The van der Waals surface area contributed by atoms with Crippen LogP contribution in [0.5, 0.6) is 0 Å². The topological polar surface area (TPSA) is 87.9 Å². The van der Waals surface area contributed by atoms with Gasteiger partial charge in [0.05, 0.1) is 17.3 Å². The minimum atomic E-state index is -0.126. The van der Waals surface area contributed by atoms with Crippen LogP contribution < -0.4 is 5.73 Å². The van der Waals surface area contributed by atoms with Crippen LogP contribution in [-0.2, 0) is 4.79 Å². The monoisotopic (exact) mass is 321 g/mol. The number of pyridine rings is 1. The average molecular weight is 321 g/mol. The highest BCUT2D eigenvalue weighted by atomic mass is 16.2. The molecule has 3 rings (SSSR count). The maximum absolute atomic E-state index is 12.4. The first-order valence-corrected chi connectivity index (χ1v) is 7.65. The second-order valence-electron chi connectivity index (χ2n) is 5.63. The minimum Gasteiger partial charge on any atom is -0.384 e. The molecular formula is C18H19N5O. The van der Waals surface area contributed by atoms with E-state index in [0.717, 1.165) is 22.2 Å². The molecule has 1 atom stereocenters. The number of hydrogen-bond donors (Lipinski definition) is 2. The molecule has 1 aromatic carbocycles. The van der Waals surface area contributed by atoms with E-state index < -0.39 is 0 Å². The zero-order chi connectivity index (χ0) is 17.1. The molecule has 0 fully saturated rings. The van der Waals surface area contributed by atoms with E-state index in [4.69, 9.17) is 5.73 Å². The number of H-pyrrole nitrogens is 1. The number of carbonyl (C=O) groups excluding carboxylic acids is 1. The quantitative estimate of drug-likeness (QED) is 0.723. The lowest BCUT2D eigenvalue weighted by Gasteiger charge is -2.23. The predicted molar refractivity (Wildman–Crippen MR) is 95.0 cm³/mol. The summed E-state index contributed by atoms with van der Waals surface area (Å²) < 4.78 is 0. The second kappa shape index (κ2) is 6.54. The highest BCUT2D eigenvalue weighted by molar-refractivity contribution is 5.92. The van der Waals surface area contributed by atoms with Gasteiger partial charge in [-0.3, -0.25) is 9.89 Å². The molecule has 0 aliphatic heterocycles. The summed E-state index contributed by atoms with van der Waals surface area (Å²) in [7, 11) is 1.77. The molecule has 24 heavy (non-hydrogen) atoms. The Morgan fingerprint density at radius 2 is 2.08 bits per heavy atom. The van der Waals surface area contributed by atoms with Crippen molar-refractivity contribution < 1.29 is 4.79 Å². The van der Waals surface area contributed by atoms with Crippen LogP contribution in [-0.4, -0.2) is 33.0 Å². The van der Waals surface area contributed by atoms with Gasteiger partial charge in [-0.2, -0.15) is 5.10 Å². The number of amides is 1. The molecule has 0 spiro atoms. The van der Waals surface area contributed by atoms with Gasteiger partial charge >= 0.3 is 0 Å². The number of carbonyl (C=O) groups is 1. The van der Waals surface area contributed by atoms with Crippen molar-refractivity contribution in [2.24, 2.45) is 0 Å². The number of anilines is 1. The number of fused-ring (bicyclic) bond motifs is 1. The predicted octanol–water partition coefficient (Wildman–Crippen LogP) is 2.77. The van der Waals surface area contributed by atoms with Crippen LogP contribution in [0.4, 0.5) is 5.82 Å². The van der Waals surface area contributed by atoms with Crippen molar-refractivity contribution >= 4 is 28.7 Å². The van der Waals surface area contributed by atoms with E-state index >= 15 is 0 Å². The number of nitrogens with one attached hydrogen (secondary N) is 1. The Balaban J connectivity index is 1.76. The second-order valence-corrected chi connectivity index (χ2v) is 5.63. The Hall–Kier alpha value is -3.15. The van der Waals surface area contributed by atoms with Crippen LogP contribution in [0.3, 0.4) is 0 Å². The third-order valence-electron chi connectivity index (χ3n) is 4.06. The third-order valence-corrected chi connectivity index (χ3v) is 4.06. The standard InChI is InChI=1S/C18H19N5O/c1-12(18-14-5-3-4-6-15(14)21-22-18)23(2)17(24)10-8-13-7-9-16(19)20-11-13/h3-12H,1-2H3,(H2,19,20)(H,21,22). The molecular weight excluding hydrogens is 302 g/mol. The molecule has 2 aromatic heterocycles. The van der Waals surface area contributed by atoms with Gasteiger partial charge in [-0.1, -0.05) is 18.2 Å². The fraction of sp³-hybridized carbons (Fsp3) is 0.167. The van der Waals surface area contributed by atoms with Gasteiger partial charge in [-0.25, -0.2) is 4.98 Å². The zero-order valence-electron chi connectivity index (χ0n) is 13.6. The smallest absolute Gasteiger partial charge is 0.246 e. The fourth-order valence-electron chi connectivity index (χ4n) is 2.48. The molecule has 6 nitrogen and oxygen atoms in total. The number of aromatic amines is 1. The van der Waals surface area contributed by atoms with E-state index in [2.05, 4.69) is 15.2 Å². The summed E-state index contributed by atoms with van der Waals surface area (Å²) in [6.07, 6.45) is 4.89. The van der Waals surface area contributed by atoms with E-state index in [1.165, 1.54) is 6.08 Å². The Labute approximate surface area is 140 Å². The van der Waals surface area contributed by atoms with Gasteiger partial charge in [-0.15, -0.1) is 0 Å². The van der Waals surface area contributed by atoms with Crippen molar-refractivity contribution in [3.63, 3.8) is 0 Å². The Morgan fingerprint density at radius 1 is 1.29 bits per heavy atom. The Bertz CT molecular complexity index is 882. The molecule has 0 aliphatic rings. The van der Waals surface area contributed by atoms with Gasteiger partial charge in [-0.05, 0) is 36.8 Å². The van der Waals surface area contributed by atoms with Crippen molar-refractivity contribution in [2.75, 3.05) is 12.8 Å². The summed E-state index contributed by atoms with van der Waals surface area (Å²) >= 11 is 0. The summed E-state index contributed by atoms with van der Waals surface area (Å²) in [5.41, 5.74) is 8.19. The van der Waals surface area contributed by atoms with Gasteiger partial charge in [0.1, 0.15) is 5.82 Å². The molecule has 0 saturated carbocycles. The van der Waals surface area contributed by atoms with Crippen molar-refractivity contribution in [3.05, 3.63) is 59.9 Å². The van der Waals surface area contributed by atoms with Gasteiger partial charge in [0.25, 0.3) is 0 Å². The maximum Gasteiger partial charge on any atom is 0.246 e. The number of benzene rings is 1. The normalized spacial score (nSPS) is 12.6. The molecule has 122 valence electrons. The number of hydrogen-bond acceptors (Lipinski definition) is 4. The lowest BCUT2D eigenvalue weighted by atomic mass is 10.1. The van der Waals surface area contributed by atoms with Gasteiger partial charge in [0.15, 0.2) is 0 Å². The van der Waals surface area contributed by atoms with Crippen LogP contribution in [0.2, 0.25) is 0 Å². The zero-order valence-corrected chi connectivity index (χ0v) is 13.6. The van der Waals surface area contributed by atoms with E-state index in [-0.39, 0.29) is 11.9 Å². The molecule has 3 aromatic rings. The molecule has 0 aliphatic carbocycles. The first kappa shape index (κ1) is 15.7. The number of nitrogens with zero attached hydrogens (tertiary/aromatic N) is 3. The van der Waals surface area contributed by atoms with Crippen LogP contribution in [0.1, 0.15) is 24.2 Å². The van der Waals surface area contributed by atoms with Crippen molar-refractivity contribution in [1.82, 2.24) is 20.1 Å². The number of aromatic nitrogens is 3. The summed E-state index contributed by atoms with van der Waals surface area (Å²) in [4.78, 5) is 18.1. The molecule has 0 bridgehead atoms. The maximum atomic E-state index is 12.4. The first-order valence-electron chi connectivity index (χ1n) is 7.65. The Morgan fingerprint density at radius 3 is 2.83 bits per heavy atom. The Kier molecular flexibility index (Phi) is 4.29. The van der Waals surface area contributed by atoms with Crippen LogP contribution in [0.15, 0.2) is 48.7 Å². The fourth-order valence-corrected chi connectivity index (χ4v) is 2.48. The highest BCUT2D eigenvalue weighted by Gasteiger charge is 2.19. The summed E-state index contributed by atoms with van der Waals surface area (Å²) in [5, 5.41) is 8.34. The molecule has 2 heterocycles.